The molecule has 0 aliphatic rings. The number of fused-ring (bicyclic) bond motifs is 1. The molecule has 0 unspecified atom stereocenters. The van der Waals surface area contributed by atoms with E-state index in [1.165, 1.54) is 0 Å². The van der Waals surface area contributed by atoms with E-state index >= 15 is 0 Å². The van der Waals surface area contributed by atoms with Gasteiger partial charge in [0.15, 0.2) is 0 Å². The number of nitrogens with zero attached hydrogens (tertiary/aromatic N) is 3. The summed E-state index contributed by atoms with van der Waals surface area (Å²) in [6, 6.07) is 4.11. The quantitative estimate of drug-likeness (QED) is 0.850. The molecule has 0 amide bonds. The molecule has 15 heavy (non-hydrogen) atoms. The molecule has 3 nitrogen and oxygen atoms in total. The Bertz CT molecular complexity index is 462. The van der Waals surface area contributed by atoms with Gasteiger partial charge in [-0.1, -0.05) is 15.9 Å². The van der Waals surface area contributed by atoms with Crippen LogP contribution in [-0.4, -0.2) is 34.9 Å². The van der Waals surface area contributed by atoms with Crippen molar-refractivity contribution >= 4 is 21.4 Å². The van der Waals surface area contributed by atoms with Gasteiger partial charge < -0.3 is 9.30 Å². The third-order valence-corrected chi connectivity index (χ3v) is 2.85. The maximum atomic E-state index is 4.42. The fraction of sp³-hybridized carbons (Fsp3) is 0.364. The van der Waals surface area contributed by atoms with Crippen LogP contribution in [0.15, 0.2) is 29.0 Å². The fourth-order valence-electron chi connectivity index (χ4n) is 1.54. The van der Waals surface area contributed by atoms with E-state index in [-0.39, 0.29) is 0 Å². The summed E-state index contributed by atoms with van der Waals surface area (Å²) in [4.78, 5) is 6.59. The topological polar surface area (TPSA) is 20.5 Å². The molecule has 0 saturated carbocycles. The molecule has 0 spiro atoms. The third kappa shape index (κ3) is 2.38. The maximum absolute atomic E-state index is 4.42. The predicted octanol–water partition coefficient (Wildman–Crippen LogP) is 2.20. The molecule has 0 aromatic carbocycles. The minimum Gasteiger partial charge on any atom is -0.309 e. The Hall–Kier alpha value is -0.870. The molecule has 2 aromatic rings. The summed E-state index contributed by atoms with van der Waals surface area (Å²) >= 11 is 3.45. The molecule has 0 saturated heterocycles. The minimum absolute atomic E-state index is 0.975. The summed E-state index contributed by atoms with van der Waals surface area (Å²) in [5, 5.41) is 0. The number of rotatable bonds is 3. The zero-order valence-electron chi connectivity index (χ0n) is 8.94. The van der Waals surface area contributed by atoms with Crippen molar-refractivity contribution in [1.29, 1.82) is 0 Å². The first-order chi connectivity index (χ1) is 7.16. The highest BCUT2D eigenvalue weighted by atomic mass is 79.9. The van der Waals surface area contributed by atoms with E-state index in [0.29, 0.717) is 0 Å². The van der Waals surface area contributed by atoms with E-state index in [0.717, 1.165) is 28.8 Å². The van der Waals surface area contributed by atoms with Gasteiger partial charge in [0, 0.05) is 23.6 Å². The lowest BCUT2D eigenvalue weighted by atomic mass is 10.3. The van der Waals surface area contributed by atoms with E-state index in [1.807, 2.05) is 12.3 Å². The zero-order valence-corrected chi connectivity index (χ0v) is 10.5. The van der Waals surface area contributed by atoms with Crippen LogP contribution >= 0.6 is 15.9 Å². The van der Waals surface area contributed by atoms with E-state index in [1.54, 1.807) is 0 Å². The molecular formula is C11H14BrN3. The van der Waals surface area contributed by atoms with Crippen molar-refractivity contribution in [3.8, 4) is 0 Å². The van der Waals surface area contributed by atoms with Crippen LogP contribution in [0.1, 0.15) is 5.82 Å². The molecule has 2 heterocycles. The van der Waals surface area contributed by atoms with Crippen LogP contribution in [-0.2, 0) is 6.42 Å². The molecule has 2 aromatic heterocycles. The first-order valence-electron chi connectivity index (χ1n) is 4.93. The van der Waals surface area contributed by atoms with Gasteiger partial charge in [-0.25, -0.2) is 4.98 Å². The lowest BCUT2D eigenvalue weighted by Gasteiger charge is -2.08. The van der Waals surface area contributed by atoms with Crippen LogP contribution < -0.4 is 0 Å². The molecule has 80 valence electrons. The summed E-state index contributed by atoms with van der Waals surface area (Å²) in [5.74, 6) is 1.12. The lowest BCUT2D eigenvalue weighted by molar-refractivity contribution is 0.409. The SMILES string of the molecule is CN(C)CCc1ncc2cc(Br)ccn12. The molecule has 0 atom stereocenters. The van der Waals surface area contributed by atoms with Gasteiger partial charge in [0.1, 0.15) is 5.82 Å². The molecule has 0 N–H and O–H groups in total. The van der Waals surface area contributed by atoms with Crippen LogP contribution in [0.3, 0.4) is 0 Å². The molecule has 0 radical (unpaired) electrons. The van der Waals surface area contributed by atoms with Crippen molar-refractivity contribution in [3.63, 3.8) is 0 Å². The number of hydrogen-bond donors (Lipinski definition) is 0. The number of hydrogen-bond acceptors (Lipinski definition) is 2. The van der Waals surface area contributed by atoms with Gasteiger partial charge in [0.2, 0.25) is 0 Å². The zero-order chi connectivity index (χ0) is 10.8. The highest BCUT2D eigenvalue weighted by molar-refractivity contribution is 9.10. The van der Waals surface area contributed by atoms with Crippen LogP contribution in [0.2, 0.25) is 0 Å². The van der Waals surface area contributed by atoms with Gasteiger partial charge in [0.25, 0.3) is 0 Å². The summed E-state index contributed by atoms with van der Waals surface area (Å²) in [6.45, 7) is 1.02. The first kappa shape index (κ1) is 10.6. The Morgan fingerprint density at radius 2 is 2.27 bits per heavy atom. The number of imidazole rings is 1. The molecular weight excluding hydrogens is 254 g/mol. The van der Waals surface area contributed by atoms with Gasteiger partial charge in [-0.15, -0.1) is 0 Å². The normalized spacial score (nSPS) is 11.5. The smallest absolute Gasteiger partial charge is 0.114 e. The van der Waals surface area contributed by atoms with Gasteiger partial charge in [-0.2, -0.15) is 0 Å². The van der Waals surface area contributed by atoms with Gasteiger partial charge in [0.05, 0.1) is 11.7 Å². The fourth-order valence-corrected chi connectivity index (χ4v) is 1.89. The minimum atomic E-state index is 0.975. The standard InChI is InChI=1S/C11H14BrN3/c1-14(2)5-4-11-13-8-10-7-9(12)3-6-15(10)11/h3,6-8H,4-5H2,1-2H3. The average Bonchev–Trinajstić information content (AvgIpc) is 2.57. The highest BCUT2D eigenvalue weighted by Gasteiger charge is 2.03. The van der Waals surface area contributed by atoms with Gasteiger partial charge in [-0.05, 0) is 26.2 Å². The predicted molar refractivity (Wildman–Crippen MR) is 65.2 cm³/mol. The van der Waals surface area contributed by atoms with Crippen molar-refractivity contribution in [1.82, 2.24) is 14.3 Å². The Morgan fingerprint density at radius 3 is 3.00 bits per heavy atom. The molecule has 4 heteroatoms. The molecule has 0 fully saturated rings. The second-order valence-electron chi connectivity index (χ2n) is 3.87. The monoisotopic (exact) mass is 267 g/mol. The van der Waals surface area contributed by atoms with E-state index in [4.69, 9.17) is 0 Å². The Morgan fingerprint density at radius 1 is 1.47 bits per heavy atom. The third-order valence-electron chi connectivity index (χ3n) is 2.35. The van der Waals surface area contributed by atoms with Crippen molar-refractivity contribution in [2.45, 2.75) is 6.42 Å². The Balaban J connectivity index is 2.29. The maximum Gasteiger partial charge on any atom is 0.114 e. The first-order valence-corrected chi connectivity index (χ1v) is 5.72. The molecule has 0 bridgehead atoms. The van der Waals surface area contributed by atoms with Gasteiger partial charge >= 0.3 is 0 Å². The second-order valence-corrected chi connectivity index (χ2v) is 4.78. The van der Waals surface area contributed by atoms with E-state index < -0.39 is 0 Å². The van der Waals surface area contributed by atoms with Crippen LogP contribution in [0.5, 0.6) is 0 Å². The second kappa shape index (κ2) is 4.33. The average molecular weight is 268 g/mol. The van der Waals surface area contributed by atoms with Crippen LogP contribution in [0.4, 0.5) is 0 Å². The molecule has 0 aliphatic carbocycles. The van der Waals surface area contributed by atoms with E-state index in [9.17, 15) is 0 Å². The largest absolute Gasteiger partial charge is 0.309 e. The van der Waals surface area contributed by atoms with Crippen LogP contribution in [0.25, 0.3) is 5.52 Å². The van der Waals surface area contributed by atoms with Gasteiger partial charge in [-0.3, -0.25) is 0 Å². The Labute approximate surface area is 97.9 Å². The van der Waals surface area contributed by atoms with E-state index in [2.05, 4.69) is 56.6 Å². The molecule has 2 rings (SSSR count). The highest BCUT2D eigenvalue weighted by Crippen LogP contribution is 2.14. The van der Waals surface area contributed by atoms with Crippen molar-refractivity contribution in [3.05, 3.63) is 34.8 Å². The number of aromatic nitrogens is 2. The van der Waals surface area contributed by atoms with Crippen molar-refractivity contribution in [2.24, 2.45) is 0 Å². The van der Waals surface area contributed by atoms with Crippen molar-refractivity contribution < 1.29 is 0 Å². The summed E-state index contributed by atoms with van der Waals surface area (Å²) < 4.78 is 3.22. The summed E-state index contributed by atoms with van der Waals surface area (Å²) in [5.41, 5.74) is 1.14. The number of pyridine rings is 1. The number of likely N-dealkylation sites (N-methyl/N-ethyl adjacent to an activating group) is 1. The molecule has 0 aliphatic heterocycles. The summed E-state index contributed by atoms with van der Waals surface area (Å²) in [6.07, 6.45) is 4.94. The lowest BCUT2D eigenvalue weighted by Crippen LogP contribution is -2.16. The summed E-state index contributed by atoms with van der Waals surface area (Å²) in [7, 11) is 4.15. The number of halogens is 1. The van der Waals surface area contributed by atoms with Crippen molar-refractivity contribution in [2.75, 3.05) is 20.6 Å². The van der Waals surface area contributed by atoms with Crippen LogP contribution in [0, 0.1) is 0 Å². The Kier molecular flexibility index (Phi) is 3.07.